The number of aliphatic imine (C=N–C) groups is 1. The van der Waals surface area contributed by atoms with Crippen LogP contribution in [0.25, 0.3) is 0 Å². The van der Waals surface area contributed by atoms with E-state index in [1.807, 2.05) is 0 Å². The van der Waals surface area contributed by atoms with Crippen molar-refractivity contribution in [2.24, 2.45) is 4.99 Å². The zero-order valence-electron chi connectivity index (χ0n) is 7.43. The third kappa shape index (κ3) is 2.46. The van der Waals surface area contributed by atoms with Crippen LogP contribution in [0.4, 0.5) is 0 Å². The summed E-state index contributed by atoms with van der Waals surface area (Å²) in [5, 5.41) is 6.29. The van der Waals surface area contributed by atoms with Crippen molar-refractivity contribution < 1.29 is 0 Å². The highest BCUT2D eigenvalue weighted by Gasteiger charge is 2.08. The summed E-state index contributed by atoms with van der Waals surface area (Å²) >= 11 is 0. The van der Waals surface area contributed by atoms with Crippen molar-refractivity contribution in [2.45, 2.75) is 25.8 Å². The largest absolute Gasteiger partial charge is 0.355 e. The van der Waals surface area contributed by atoms with Gasteiger partial charge in [0.05, 0.1) is 12.6 Å². The summed E-state index contributed by atoms with van der Waals surface area (Å²) < 4.78 is 0. The molecule has 0 amide bonds. The average Bonchev–Trinajstić information content (AvgIpc) is 2.56. The monoisotopic (exact) mass is 165 g/mol. The molecule has 0 saturated heterocycles. The summed E-state index contributed by atoms with van der Waals surface area (Å²) in [4.78, 5) is 4.20. The van der Waals surface area contributed by atoms with Crippen molar-refractivity contribution in [1.82, 2.24) is 10.6 Å². The van der Waals surface area contributed by atoms with Crippen LogP contribution < -0.4 is 10.6 Å². The van der Waals surface area contributed by atoms with Gasteiger partial charge in [-0.05, 0) is 6.42 Å². The number of terminal acetylenes is 1. The van der Waals surface area contributed by atoms with Crippen molar-refractivity contribution in [3.63, 3.8) is 0 Å². The number of rotatable bonds is 3. The summed E-state index contributed by atoms with van der Waals surface area (Å²) in [6, 6.07) is 0.124. The SMILES string of the molecule is C#CC(CCC)NC1=NCCN1. The molecule has 2 N–H and O–H groups in total. The Bertz CT molecular complexity index is 202. The van der Waals surface area contributed by atoms with E-state index in [9.17, 15) is 0 Å². The maximum atomic E-state index is 5.34. The van der Waals surface area contributed by atoms with Crippen LogP contribution in [0, 0.1) is 12.3 Å². The summed E-state index contributed by atoms with van der Waals surface area (Å²) in [6.45, 7) is 3.90. The Hall–Kier alpha value is -1.17. The molecular formula is C9H15N3. The molecule has 0 spiro atoms. The van der Waals surface area contributed by atoms with E-state index in [1.165, 1.54) is 0 Å². The fourth-order valence-corrected chi connectivity index (χ4v) is 1.15. The van der Waals surface area contributed by atoms with Crippen LogP contribution in [0.15, 0.2) is 4.99 Å². The molecule has 0 radical (unpaired) electrons. The molecule has 1 heterocycles. The fraction of sp³-hybridized carbons (Fsp3) is 0.667. The first kappa shape index (κ1) is 8.92. The molecule has 3 nitrogen and oxygen atoms in total. The Balaban J connectivity index is 2.32. The van der Waals surface area contributed by atoms with Crippen LogP contribution in [-0.2, 0) is 0 Å². The highest BCUT2D eigenvalue weighted by atomic mass is 15.2. The minimum Gasteiger partial charge on any atom is -0.355 e. The Morgan fingerprint density at radius 2 is 2.67 bits per heavy atom. The van der Waals surface area contributed by atoms with E-state index >= 15 is 0 Å². The lowest BCUT2D eigenvalue weighted by atomic mass is 10.2. The van der Waals surface area contributed by atoms with E-state index in [-0.39, 0.29) is 6.04 Å². The van der Waals surface area contributed by atoms with Crippen molar-refractivity contribution in [2.75, 3.05) is 13.1 Å². The van der Waals surface area contributed by atoms with Gasteiger partial charge in [0.1, 0.15) is 0 Å². The van der Waals surface area contributed by atoms with Crippen molar-refractivity contribution >= 4 is 5.96 Å². The molecule has 66 valence electrons. The molecule has 1 unspecified atom stereocenters. The second-order valence-corrected chi connectivity index (χ2v) is 2.81. The minimum absolute atomic E-state index is 0.124. The van der Waals surface area contributed by atoms with Crippen LogP contribution in [-0.4, -0.2) is 25.1 Å². The van der Waals surface area contributed by atoms with Crippen LogP contribution in [0.3, 0.4) is 0 Å². The van der Waals surface area contributed by atoms with Crippen LogP contribution in [0.2, 0.25) is 0 Å². The van der Waals surface area contributed by atoms with Gasteiger partial charge in [0.15, 0.2) is 5.96 Å². The first-order chi connectivity index (χ1) is 5.86. The smallest absolute Gasteiger partial charge is 0.192 e. The first-order valence-corrected chi connectivity index (χ1v) is 4.37. The van der Waals surface area contributed by atoms with Crippen molar-refractivity contribution in [3.8, 4) is 12.3 Å². The lowest BCUT2D eigenvalue weighted by molar-refractivity contribution is 0.655. The number of nitrogens with one attached hydrogen (secondary N) is 2. The molecular weight excluding hydrogens is 150 g/mol. The van der Waals surface area contributed by atoms with Gasteiger partial charge in [-0.2, -0.15) is 0 Å². The zero-order valence-corrected chi connectivity index (χ0v) is 7.43. The number of hydrogen-bond acceptors (Lipinski definition) is 3. The summed E-state index contributed by atoms with van der Waals surface area (Å²) in [7, 11) is 0. The van der Waals surface area contributed by atoms with E-state index in [0.29, 0.717) is 0 Å². The number of nitrogens with zero attached hydrogens (tertiary/aromatic N) is 1. The van der Waals surface area contributed by atoms with Crippen LogP contribution >= 0.6 is 0 Å². The lowest BCUT2D eigenvalue weighted by Crippen LogP contribution is -2.40. The Morgan fingerprint density at radius 1 is 1.83 bits per heavy atom. The van der Waals surface area contributed by atoms with Gasteiger partial charge in [0, 0.05) is 6.54 Å². The molecule has 1 aliphatic rings. The Morgan fingerprint density at radius 3 is 3.17 bits per heavy atom. The summed E-state index contributed by atoms with van der Waals surface area (Å²) in [5.41, 5.74) is 0. The summed E-state index contributed by atoms with van der Waals surface area (Å²) in [6.07, 6.45) is 7.43. The zero-order chi connectivity index (χ0) is 8.81. The van der Waals surface area contributed by atoms with Gasteiger partial charge in [-0.3, -0.25) is 4.99 Å². The highest BCUT2D eigenvalue weighted by molar-refractivity contribution is 5.81. The molecule has 0 aliphatic carbocycles. The first-order valence-electron chi connectivity index (χ1n) is 4.37. The Kier molecular flexibility index (Phi) is 3.46. The quantitative estimate of drug-likeness (QED) is 0.591. The second-order valence-electron chi connectivity index (χ2n) is 2.81. The molecule has 0 bridgehead atoms. The van der Waals surface area contributed by atoms with Crippen LogP contribution in [0.5, 0.6) is 0 Å². The molecule has 1 rings (SSSR count). The number of hydrogen-bond donors (Lipinski definition) is 2. The van der Waals surface area contributed by atoms with Gasteiger partial charge >= 0.3 is 0 Å². The van der Waals surface area contributed by atoms with Gasteiger partial charge in [-0.15, -0.1) is 6.42 Å². The molecule has 3 heteroatoms. The van der Waals surface area contributed by atoms with E-state index in [1.54, 1.807) is 0 Å². The molecule has 0 aromatic heterocycles. The molecule has 0 saturated carbocycles. The second kappa shape index (κ2) is 4.66. The predicted octanol–water partition coefficient (Wildman–Crippen LogP) is 0.337. The highest BCUT2D eigenvalue weighted by Crippen LogP contribution is 1.95. The molecule has 0 aromatic carbocycles. The molecule has 12 heavy (non-hydrogen) atoms. The molecule has 1 aliphatic heterocycles. The van der Waals surface area contributed by atoms with Gasteiger partial charge in [-0.25, -0.2) is 0 Å². The van der Waals surface area contributed by atoms with Gasteiger partial charge in [-0.1, -0.05) is 19.3 Å². The topological polar surface area (TPSA) is 36.4 Å². The van der Waals surface area contributed by atoms with Gasteiger partial charge in [0.25, 0.3) is 0 Å². The maximum Gasteiger partial charge on any atom is 0.192 e. The third-order valence-electron chi connectivity index (χ3n) is 1.76. The van der Waals surface area contributed by atoms with Crippen molar-refractivity contribution in [1.29, 1.82) is 0 Å². The third-order valence-corrected chi connectivity index (χ3v) is 1.76. The van der Waals surface area contributed by atoms with Crippen LogP contribution in [0.1, 0.15) is 19.8 Å². The maximum absolute atomic E-state index is 5.34. The minimum atomic E-state index is 0.124. The van der Waals surface area contributed by atoms with E-state index in [2.05, 4.69) is 28.5 Å². The Labute approximate surface area is 73.6 Å². The van der Waals surface area contributed by atoms with Gasteiger partial charge in [0.2, 0.25) is 0 Å². The summed E-state index contributed by atoms with van der Waals surface area (Å²) in [5.74, 6) is 3.55. The number of guanidine groups is 1. The lowest BCUT2D eigenvalue weighted by Gasteiger charge is -2.12. The van der Waals surface area contributed by atoms with Crippen molar-refractivity contribution in [3.05, 3.63) is 0 Å². The molecule has 0 aromatic rings. The van der Waals surface area contributed by atoms with Gasteiger partial charge < -0.3 is 10.6 Å². The normalized spacial score (nSPS) is 17.5. The predicted molar refractivity (Wildman–Crippen MR) is 51.0 cm³/mol. The molecule has 0 fully saturated rings. The molecule has 1 atom stereocenters. The fourth-order valence-electron chi connectivity index (χ4n) is 1.15. The average molecular weight is 165 g/mol. The van der Waals surface area contributed by atoms with E-state index in [0.717, 1.165) is 31.9 Å². The van der Waals surface area contributed by atoms with E-state index in [4.69, 9.17) is 6.42 Å². The standard InChI is InChI=1S/C9H15N3/c1-3-5-8(4-2)12-9-10-6-7-11-9/h2,8H,3,5-7H2,1H3,(H2,10,11,12). The van der Waals surface area contributed by atoms with E-state index < -0.39 is 0 Å².